The molecule has 3 rings (SSSR count). The molecule has 0 spiro atoms. The van der Waals surface area contributed by atoms with Gasteiger partial charge in [-0.15, -0.1) is 11.3 Å². The lowest BCUT2D eigenvalue weighted by Gasteiger charge is -1.91. The number of hydrogen-bond donors (Lipinski definition) is 0. The molecule has 0 radical (unpaired) electrons. The van der Waals surface area contributed by atoms with Crippen LogP contribution in [-0.4, -0.2) is 10.9 Å². The number of carbonyl (C=O) groups is 1. The molecule has 0 saturated heterocycles. The molecule has 0 aliphatic heterocycles. The van der Waals surface area contributed by atoms with Gasteiger partial charge in [-0.3, -0.25) is 4.79 Å². The second-order valence-electron chi connectivity index (χ2n) is 3.56. The van der Waals surface area contributed by atoms with Crippen LogP contribution in [0.15, 0.2) is 53.7 Å². The molecule has 88 valence electrons. The summed E-state index contributed by atoms with van der Waals surface area (Å²) in [7, 11) is 0. The predicted molar refractivity (Wildman–Crippen MR) is 73.8 cm³/mol. The van der Waals surface area contributed by atoms with E-state index in [-0.39, 0.29) is 5.91 Å². The zero-order valence-corrected chi connectivity index (χ0v) is 10.9. The molecule has 0 fully saturated rings. The van der Waals surface area contributed by atoms with Gasteiger partial charge in [-0.05, 0) is 24.3 Å². The number of pyridine rings is 1. The molecule has 0 atom stereocenters. The highest BCUT2D eigenvalue weighted by molar-refractivity contribution is 7.35. The fraction of sp³-hybridized carbons (Fsp3) is 0. The molecule has 0 aliphatic rings. The zero-order valence-electron chi connectivity index (χ0n) is 9.24. The zero-order chi connectivity index (χ0) is 12.4. The van der Waals surface area contributed by atoms with Crippen LogP contribution in [0.3, 0.4) is 0 Å². The van der Waals surface area contributed by atoms with Gasteiger partial charge in [0.05, 0.1) is 4.70 Å². The van der Waals surface area contributed by atoms with Crippen molar-refractivity contribution < 1.29 is 4.79 Å². The van der Waals surface area contributed by atoms with Crippen LogP contribution in [0.25, 0.3) is 9.53 Å². The smallest absolute Gasteiger partial charge is 0.267 e. The van der Waals surface area contributed by atoms with Gasteiger partial charge in [0.1, 0.15) is 4.83 Å². The standard InChI is InChI=1S/C13H8N2OS2/c16-11(9-5-2-1-3-6-9)15-13-17-10-7-4-8-14-12(10)18-13/h1-8H. The monoisotopic (exact) mass is 272 g/mol. The Balaban J connectivity index is 2.04. The number of hydrogen-bond acceptors (Lipinski definition) is 4. The lowest BCUT2D eigenvalue weighted by Crippen LogP contribution is -1.99. The fourth-order valence-electron chi connectivity index (χ4n) is 1.50. The third kappa shape index (κ3) is 2.23. The second kappa shape index (κ2) is 4.80. The largest absolute Gasteiger partial charge is 0.279 e. The van der Waals surface area contributed by atoms with E-state index in [0.29, 0.717) is 5.56 Å². The average molecular weight is 272 g/mol. The van der Waals surface area contributed by atoms with E-state index in [2.05, 4.69) is 9.98 Å². The molecule has 1 aromatic carbocycles. The molecular weight excluding hydrogens is 264 g/mol. The van der Waals surface area contributed by atoms with E-state index in [0.717, 1.165) is 13.5 Å². The Labute approximate surface area is 111 Å². The molecule has 0 aliphatic carbocycles. The van der Waals surface area contributed by atoms with Crippen molar-refractivity contribution in [3.05, 3.63) is 58.2 Å². The number of amides is 1. The Hall–Kier alpha value is -1.85. The third-order valence-electron chi connectivity index (χ3n) is 2.33. The minimum atomic E-state index is -0.210. The van der Waals surface area contributed by atoms with Gasteiger partial charge >= 0.3 is 0 Å². The van der Waals surface area contributed by atoms with Crippen LogP contribution in [0, 0.1) is 0 Å². The molecular formula is C13H8N2OS2. The highest BCUT2D eigenvalue weighted by Crippen LogP contribution is 2.17. The molecule has 5 heteroatoms. The van der Waals surface area contributed by atoms with Gasteiger partial charge in [-0.25, -0.2) is 4.98 Å². The van der Waals surface area contributed by atoms with Crippen LogP contribution in [-0.2, 0) is 0 Å². The Kier molecular flexibility index (Phi) is 3.00. The maximum Gasteiger partial charge on any atom is 0.279 e. The van der Waals surface area contributed by atoms with Crippen molar-refractivity contribution in [3.63, 3.8) is 0 Å². The Morgan fingerprint density at radius 1 is 1.06 bits per heavy atom. The first-order valence-electron chi connectivity index (χ1n) is 5.32. The SMILES string of the molecule is O=C(N=c1sc2cccnc2s1)c1ccccc1. The van der Waals surface area contributed by atoms with Crippen molar-refractivity contribution in [1.82, 2.24) is 4.98 Å². The highest BCUT2D eigenvalue weighted by atomic mass is 32.2. The maximum atomic E-state index is 11.9. The summed E-state index contributed by atoms with van der Waals surface area (Å²) in [5.74, 6) is -0.210. The summed E-state index contributed by atoms with van der Waals surface area (Å²) in [6.07, 6.45) is 1.74. The summed E-state index contributed by atoms with van der Waals surface area (Å²) in [5.41, 5.74) is 0.607. The number of fused-ring (bicyclic) bond motifs is 1. The van der Waals surface area contributed by atoms with E-state index in [1.165, 1.54) is 22.7 Å². The molecule has 0 bridgehead atoms. The van der Waals surface area contributed by atoms with Crippen LogP contribution in [0.2, 0.25) is 0 Å². The molecule has 0 saturated carbocycles. The summed E-state index contributed by atoms with van der Waals surface area (Å²) in [6, 6.07) is 12.9. The van der Waals surface area contributed by atoms with Gasteiger partial charge in [0.15, 0.2) is 3.98 Å². The number of nitrogens with zero attached hydrogens (tertiary/aromatic N) is 2. The van der Waals surface area contributed by atoms with Gasteiger partial charge in [0.25, 0.3) is 5.91 Å². The maximum absolute atomic E-state index is 11.9. The predicted octanol–water partition coefficient (Wildman–Crippen LogP) is 3.10. The molecule has 2 heterocycles. The number of aromatic nitrogens is 1. The summed E-state index contributed by atoms with van der Waals surface area (Å²) < 4.78 is 1.79. The van der Waals surface area contributed by atoms with E-state index in [9.17, 15) is 4.79 Å². The first-order chi connectivity index (χ1) is 8.83. The van der Waals surface area contributed by atoms with E-state index in [1.807, 2.05) is 30.3 Å². The minimum Gasteiger partial charge on any atom is -0.267 e. The van der Waals surface area contributed by atoms with E-state index in [4.69, 9.17) is 0 Å². The topological polar surface area (TPSA) is 42.3 Å². The molecule has 3 aromatic rings. The van der Waals surface area contributed by atoms with Crippen molar-refractivity contribution >= 4 is 38.1 Å². The normalized spacial score (nSPS) is 11.9. The first kappa shape index (κ1) is 11.3. The van der Waals surface area contributed by atoms with Gasteiger partial charge in [-0.1, -0.05) is 29.5 Å². The van der Waals surface area contributed by atoms with Gasteiger partial charge in [0, 0.05) is 11.8 Å². The minimum absolute atomic E-state index is 0.210. The summed E-state index contributed by atoms with van der Waals surface area (Å²) >= 11 is 2.93. The molecule has 3 nitrogen and oxygen atoms in total. The van der Waals surface area contributed by atoms with Crippen LogP contribution in [0.5, 0.6) is 0 Å². The molecule has 1 amide bonds. The van der Waals surface area contributed by atoms with Crippen molar-refractivity contribution in [1.29, 1.82) is 0 Å². The molecule has 0 unspecified atom stereocenters. The highest BCUT2D eigenvalue weighted by Gasteiger charge is 2.04. The number of carbonyl (C=O) groups excluding carboxylic acids is 1. The van der Waals surface area contributed by atoms with E-state index < -0.39 is 0 Å². The second-order valence-corrected chi connectivity index (χ2v) is 5.83. The summed E-state index contributed by atoms with van der Waals surface area (Å²) in [5, 5.41) is 0. The van der Waals surface area contributed by atoms with Crippen molar-refractivity contribution in [3.8, 4) is 0 Å². The molecule has 18 heavy (non-hydrogen) atoms. The Morgan fingerprint density at radius 3 is 2.67 bits per heavy atom. The number of rotatable bonds is 1. The lowest BCUT2D eigenvalue weighted by atomic mass is 10.2. The quantitative estimate of drug-likeness (QED) is 0.683. The summed E-state index contributed by atoms with van der Waals surface area (Å²) in [6.45, 7) is 0. The van der Waals surface area contributed by atoms with Crippen LogP contribution >= 0.6 is 22.7 Å². The lowest BCUT2D eigenvalue weighted by molar-refractivity contribution is 0.0999. The molecule has 0 N–H and O–H groups in total. The van der Waals surface area contributed by atoms with Gasteiger partial charge in [-0.2, -0.15) is 4.99 Å². The van der Waals surface area contributed by atoms with Crippen molar-refractivity contribution in [2.45, 2.75) is 0 Å². The van der Waals surface area contributed by atoms with Crippen LogP contribution in [0.1, 0.15) is 10.4 Å². The van der Waals surface area contributed by atoms with Gasteiger partial charge in [0.2, 0.25) is 0 Å². The average Bonchev–Trinajstić information content (AvgIpc) is 2.82. The van der Waals surface area contributed by atoms with Gasteiger partial charge < -0.3 is 0 Å². The molecule has 2 aromatic heterocycles. The first-order valence-corrected chi connectivity index (χ1v) is 6.95. The Bertz CT molecular complexity index is 723. The fourth-order valence-corrected chi connectivity index (χ4v) is 3.60. The van der Waals surface area contributed by atoms with Crippen molar-refractivity contribution in [2.24, 2.45) is 4.99 Å². The third-order valence-corrected chi connectivity index (χ3v) is 4.56. The Morgan fingerprint density at radius 2 is 1.89 bits per heavy atom. The van der Waals surface area contributed by atoms with Crippen LogP contribution < -0.4 is 3.98 Å². The van der Waals surface area contributed by atoms with E-state index >= 15 is 0 Å². The number of benzene rings is 1. The van der Waals surface area contributed by atoms with Crippen molar-refractivity contribution in [2.75, 3.05) is 0 Å². The summed E-state index contributed by atoms with van der Waals surface area (Å²) in [4.78, 5) is 21.2. The van der Waals surface area contributed by atoms with E-state index in [1.54, 1.807) is 18.3 Å². The van der Waals surface area contributed by atoms with Crippen LogP contribution in [0.4, 0.5) is 0 Å².